The summed E-state index contributed by atoms with van der Waals surface area (Å²) in [5.74, 6) is 0.126. The van der Waals surface area contributed by atoms with Gasteiger partial charge in [-0.15, -0.1) is 0 Å². The minimum Gasteiger partial charge on any atom is -0.341 e. The molecule has 1 aliphatic heterocycles. The SMILES string of the molecule is CCc1c(C)c(C#N)c2n1CCCC2=O.[V]. The minimum absolute atomic E-state index is 0. The van der Waals surface area contributed by atoms with Crippen LogP contribution in [0.4, 0.5) is 0 Å². The minimum atomic E-state index is 0. The number of Topliss-reactive ketones (excluding diaryl/α,β-unsaturated/α-hetero) is 1. The third-order valence-corrected chi connectivity index (χ3v) is 3.14. The molecule has 1 aromatic rings. The third kappa shape index (κ3) is 1.73. The summed E-state index contributed by atoms with van der Waals surface area (Å²) in [5.41, 5.74) is 3.38. The average molecular weight is 253 g/mol. The zero-order valence-electron chi connectivity index (χ0n) is 9.58. The maximum atomic E-state index is 11.8. The number of ketones is 1. The number of nitriles is 1. The predicted octanol–water partition coefficient (Wildman–Crippen LogP) is 2.20. The zero-order chi connectivity index (χ0) is 11.0. The van der Waals surface area contributed by atoms with Gasteiger partial charge in [0.25, 0.3) is 0 Å². The van der Waals surface area contributed by atoms with Crippen molar-refractivity contribution in [2.24, 2.45) is 0 Å². The Labute approximate surface area is 107 Å². The molecule has 1 aromatic heterocycles. The molecule has 0 amide bonds. The van der Waals surface area contributed by atoms with E-state index in [-0.39, 0.29) is 24.3 Å². The van der Waals surface area contributed by atoms with Crippen LogP contribution in [0.2, 0.25) is 0 Å². The molecule has 3 nitrogen and oxygen atoms in total. The molecular weight excluding hydrogens is 239 g/mol. The van der Waals surface area contributed by atoms with E-state index in [0.29, 0.717) is 17.7 Å². The van der Waals surface area contributed by atoms with Gasteiger partial charge in [0.1, 0.15) is 11.8 Å². The van der Waals surface area contributed by atoms with E-state index in [2.05, 4.69) is 13.0 Å². The van der Waals surface area contributed by atoms with Crippen molar-refractivity contribution in [3.05, 3.63) is 22.5 Å². The van der Waals surface area contributed by atoms with Gasteiger partial charge in [-0.1, -0.05) is 6.92 Å². The van der Waals surface area contributed by atoms with Gasteiger partial charge in [0, 0.05) is 37.2 Å². The number of nitrogens with zero attached hydrogens (tertiary/aromatic N) is 2. The van der Waals surface area contributed by atoms with Crippen molar-refractivity contribution in [1.29, 1.82) is 5.26 Å². The Hall–Kier alpha value is -0.976. The fourth-order valence-electron chi connectivity index (χ4n) is 2.44. The molecule has 0 aliphatic carbocycles. The summed E-state index contributed by atoms with van der Waals surface area (Å²) in [5, 5.41) is 9.09. The normalized spacial score (nSPS) is 13.9. The fraction of sp³-hybridized carbons (Fsp3) is 0.500. The van der Waals surface area contributed by atoms with E-state index in [1.165, 1.54) is 0 Å². The fourth-order valence-corrected chi connectivity index (χ4v) is 2.44. The molecule has 2 heterocycles. The maximum absolute atomic E-state index is 11.8. The molecule has 16 heavy (non-hydrogen) atoms. The number of carbonyl (C=O) groups excluding carboxylic acids is 1. The number of hydrogen-bond donors (Lipinski definition) is 0. The van der Waals surface area contributed by atoms with Crippen LogP contribution in [0.3, 0.4) is 0 Å². The Balaban J connectivity index is 0.00000128. The number of aromatic nitrogens is 1. The summed E-state index contributed by atoms with van der Waals surface area (Å²) < 4.78 is 2.04. The monoisotopic (exact) mass is 253 g/mol. The molecule has 0 saturated carbocycles. The summed E-state index contributed by atoms with van der Waals surface area (Å²) >= 11 is 0. The Morgan fingerprint density at radius 1 is 1.50 bits per heavy atom. The number of rotatable bonds is 1. The van der Waals surface area contributed by atoms with Crippen molar-refractivity contribution < 1.29 is 23.4 Å². The van der Waals surface area contributed by atoms with Crippen LogP contribution < -0.4 is 0 Å². The summed E-state index contributed by atoms with van der Waals surface area (Å²) in [6, 6.07) is 2.17. The van der Waals surface area contributed by atoms with Crippen molar-refractivity contribution in [2.75, 3.05) is 0 Å². The molecular formula is C12H14N2OV. The molecule has 1 radical (unpaired) electrons. The van der Waals surface area contributed by atoms with Crippen molar-refractivity contribution in [3.8, 4) is 6.07 Å². The van der Waals surface area contributed by atoms with Crippen LogP contribution in [0.1, 0.15) is 47.1 Å². The van der Waals surface area contributed by atoms with Crippen LogP contribution in [0.5, 0.6) is 0 Å². The van der Waals surface area contributed by atoms with Crippen molar-refractivity contribution in [1.82, 2.24) is 4.57 Å². The quantitative estimate of drug-likeness (QED) is 0.770. The molecule has 0 spiro atoms. The summed E-state index contributed by atoms with van der Waals surface area (Å²) in [6.45, 7) is 4.89. The van der Waals surface area contributed by atoms with Crippen LogP contribution in [0.15, 0.2) is 0 Å². The van der Waals surface area contributed by atoms with Gasteiger partial charge in [-0.2, -0.15) is 5.26 Å². The van der Waals surface area contributed by atoms with Crippen LogP contribution >= 0.6 is 0 Å². The molecule has 0 aromatic carbocycles. The van der Waals surface area contributed by atoms with Crippen molar-refractivity contribution in [3.63, 3.8) is 0 Å². The first-order chi connectivity index (χ1) is 7.20. The van der Waals surface area contributed by atoms with Crippen molar-refractivity contribution >= 4 is 5.78 Å². The van der Waals surface area contributed by atoms with E-state index in [0.717, 1.165) is 30.6 Å². The van der Waals surface area contributed by atoms with Gasteiger partial charge < -0.3 is 4.57 Å². The first-order valence-corrected chi connectivity index (χ1v) is 5.36. The molecule has 0 bridgehead atoms. The van der Waals surface area contributed by atoms with E-state index < -0.39 is 0 Å². The average Bonchev–Trinajstić information content (AvgIpc) is 2.51. The zero-order valence-corrected chi connectivity index (χ0v) is 11.0. The van der Waals surface area contributed by atoms with Gasteiger partial charge in [-0.05, 0) is 25.3 Å². The smallest absolute Gasteiger partial charge is 0.180 e. The first-order valence-electron chi connectivity index (χ1n) is 5.36. The second kappa shape index (κ2) is 4.90. The largest absolute Gasteiger partial charge is 0.341 e. The standard InChI is InChI=1S/C12H14N2O.V/c1-3-10-8(2)9(7-13)12-11(15)5-4-6-14(10)12;/h3-6H2,1-2H3;. The molecule has 0 atom stereocenters. The summed E-state index contributed by atoms with van der Waals surface area (Å²) in [7, 11) is 0. The van der Waals surface area contributed by atoms with E-state index in [4.69, 9.17) is 5.26 Å². The van der Waals surface area contributed by atoms with E-state index in [1.54, 1.807) is 0 Å². The number of hydrogen-bond acceptors (Lipinski definition) is 2. The third-order valence-electron chi connectivity index (χ3n) is 3.14. The molecule has 0 unspecified atom stereocenters. The Morgan fingerprint density at radius 2 is 2.19 bits per heavy atom. The number of carbonyl (C=O) groups is 1. The summed E-state index contributed by atoms with van der Waals surface area (Å²) in [4.78, 5) is 11.8. The van der Waals surface area contributed by atoms with Gasteiger partial charge in [-0.25, -0.2) is 0 Å². The van der Waals surface area contributed by atoms with Crippen LogP contribution in [-0.4, -0.2) is 10.4 Å². The van der Waals surface area contributed by atoms with Crippen molar-refractivity contribution in [2.45, 2.75) is 39.7 Å². The van der Waals surface area contributed by atoms with Gasteiger partial charge in [0.05, 0.1) is 5.56 Å². The molecule has 0 N–H and O–H groups in total. The van der Waals surface area contributed by atoms with Crippen LogP contribution in [0.25, 0.3) is 0 Å². The van der Waals surface area contributed by atoms with Crippen LogP contribution in [0, 0.1) is 18.3 Å². The second-order valence-electron chi connectivity index (χ2n) is 3.94. The molecule has 83 valence electrons. The van der Waals surface area contributed by atoms with Gasteiger partial charge in [0.15, 0.2) is 5.78 Å². The molecule has 1 aliphatic rings. The first kappa shape index (κ1) is 13.1. The second-order valence-corrected chi connectivity index (χ2v) is 3.94. The predicted molar refractivity (Wildman–Crippen MR) is 56.8 cm³/mol. The topological polar surface area (TPSA) is 45.8 Å². The summed E-state index contributed by atoms with van der Waals surface area (Å²) in [6.07, 6.45) is 2.37. The molecule has 0 fully saturated rings. The van der Waals surface area contributed by atoms with Crippen LogP contribution in [-0.2, 0) is 31.5 Å². The number of fused-ring (bicyclic) bond motifs is 1. The Bertz CT molecular complexity index is 468. The molecule has 2 rings (SSSR count). The van der Waals surface area contributed by atoms with E-state index in [1.807, 2.05) is 11.5 Å². The molecule has 0 saturated heterocycles. The van der Waals surface area contributed by atoms with Gasteiger partial charge in [0.2, 0.25) is 0 Å². The maximum Gasteiger partial charge on any atom is 0.180 e. The Morgan fingerprint density at radius 3 is 2.75 bits per heavy atom. The van der Waals surface area contributed by atoms with E-state index in [9.17, 15) is 4.79 Å². The van der Waals surface area contributed by atoms with Gasteiger partial charge >= 0.3 is 0 Å². The molecule has 4 heteroatoms. The van der Waals surface area contributed by atoms with E-state index >= 15 is 0 Å². The Kier molecular flexibility index (Phi) is 4.01. The van der Waals surface area contributed by atoms with Gasteiger partial charge in [-0.3, -0.25) is 4.79 Å².